The van der Waals surface area contributed by atoms with Crippen molar-refractivity contribution in [1.82, 2.24) is 0 Å². The van der Waals surface area contributed by atoms with E-state index in [-0.39, 0.29) is 11.9 Å². The third-order valence-electron chi connectivity index (χ3n) is 2.96. The van der Waals surface area contributed by atoms with E-state index in [1.807, 2.05) is 32.0 Å². The summed E-state index contributed by atoms with van der Waals surface area (Å²) < 4.78 is 5.09. The van der Waals surface area contributed by atoms with Crippen molar-refractivity contribution >= 4 is 5.97 Å². The smallest absolute Gasteiger partial charge is 0.313 e. The second-order valence-electron chi connectivity index (χ2n) is 4.23. The first kappa shape index (κ1) is 13.7. The summed E-state index contributed by atoms with van der Waals surface area (Å²) in [6, 6.07) is 6.07. The quantitative estimate of drug-likeness (QED) is 0.797. The molecule has 3 nitrogen and oxygen atoms in total. The predicted octanol–water partition coefficient (Wildman–Crippen LogP) is 2.30. The van der Waals surface area contributed by atoms with Crippen molar-refractivity contribution in [2.75, 3.05) is 13.2 Å². The van der Waals surface area contributed by atoms with Crippen LogP contribution in [0.3, 0.4) is 0 Å². The fourth-order valence-corrected chi connectivity index (χ4v) is 1.81. The third kappa shape index (κ3) is 3.56. The Kier molecular flexibility index (Phi) is 5.16. The Bertz CT molecular complexity index is 388. The zero-order chi connectivity index (χ0) is 12.8. The summed E-state index contributed by atoms with van der Waals surface area (Å²) in [7, 11) is 0. The lowest BCUT2D eigenvalue weighted by Crippen LogP contribution is -2.19. The molecule has 1 aromatic rings. The largest absolute Gasteiger partial charge is 0.466 e. The predicted molar refractivity (Wildman–Crippen MR) is 69.0 cm³/mol. The first-order chi connectivity index (χ1) is 8.10. The van der Waals surface area contributed by atoms with Gasteiger partial charge in [0.2, 0.25) is 0 Å². The lowest BCUT2D eigenvalue weighted by atomic mass is 9.93. The molecule has 0 aliphatic heterocycles. The molecular weight excluding hydrogens is 214 g/mol. The second kappa shape index (κ2) is 6.40. The highest BCUT2D eigenvalue weighted by Crippen LogP contribution is 2.23. The molecule has 17 heavy (non-hydrogen) atoms. The lowest BCUT2D eigenvalue weighted by molar-refractivity contribution is -0.145. The second-order valence-corrected chi connectivity index (χ2v) is 4.23. The molecule has 0 amide bonds. The van der Waals surface area contributed by atoms with Gasteiger partial charge in [0.25, 0.3) is 0 Å². The van der Waals surface area contributed by atoms with E-state index in [4.69, 9.17) is 10.5 Å². The first-order valence-electron chi connectivity index (χ1n) is 6.04. The number of carbonyl (C=O) groups excluding carboxylic acids is 1. The minimum absolute atomic E-state index is 0.179. The summed E-state index contributed by atoms with van der Waals surface area (Å²) in [5.41, 5.74) is 8.97. The van der Waals surface area contributed by atoms with Crippen molar-refractivity contribution in [3.8, 4) is 0 Å². The molecule has 0 saturated carbocycles. The van der Waals surface area contributed by atoms with E-state index < -0.39 is 0 Å². The van der Waals surface area contributed by atoms with E-state index >= 15 is 0 Å². The van der Waals surface area contributed by atoms with Crippen LogP contribution < -0.4 is 5.73 Å². The molecule has 0 radical (unpaired) electrons. The van der Waals surface area contributed by atoms with Crippen LogP contribution in [0.4, 0.5) is 0 Å². The van der Waals surface area contributed by atoms with E-state index in [1.54, 1.807) is 0 Å². The number of carbonyl (C=O) groups is 1. The van der Waals surface area contributed by atoms with E-state index in [0.29, 0.717) is 19.6 Å². The van der Waals surface area contributed by atoms with Crippen LogP contribution in [0.5, 0.6) is 0 Å². The van der Waals surface area contributed by atoms with Gasteiger partial charge in [-0.2, -0.15) is 0 Å². The van der Waals surface area contributed by atoms with Crippen LogP contribution >= 0.6 is 0 Å². The molecule has 0 aliphatic carbocycles. The summed E-state index contributed by atoms with van der Waals surface area (Å²) in [6.45, 7) is 6.81. The molecule has 0 aromatic heterocycles. The summed E-state index contributed by atoms with van der Waals surface area (Å²) in [5, 5.41) is 0. The molecule has 0 bridgehead atoms. The summed E-state index contributed by atoms with van der Waals surface area (Å²) in [4.78, 5) is 11.9. The normalized spacial score (nSPS) is 12.2. The maximum Gasteiger partial charge on any atom is 0.313 e. The molecule has 0 spiro atoms. The molecule has 94 valence electrons. The van der Waals surface area contributed by atoms with E-state index in [9.17, 15) is 4.79 Å². The lowest BCUT2D eigenvalue weighted by Gasteiger charge is -2.16. The van der Waals surface area contributed by atoms with Crippen LogP contribution in [0.15, 0.2) is 18.2 Å². The number of aryl methyl sites for hydroxylation is 2. The molecule has 0 aliphatic rings. The Morgan fingerprint density at radius 2 is 2.06 bits per heavy atom. The highest BCUT2D eigenvalue weighted by atomic mass is 16.5. The Balaban J connectivity index is 2.96. The number of hydrogen-bond donors (Lipinski definition) is 1. The molecule has 1 atom stereocenters. The van der Waals surface area contributed by atoms with Crippen molar-refractivity contribution in [2.45, 2.75) is 33.1 Å². The van der Waals surface area contributed by atoms with Gasteiger partial charge in [-0.25, -0.2) is 0 Å². The van der Waals surface area contributed by atoms with Gasteiger partial charge in [0, 0.05) is 0 Å². The van der Waals surface area contributed by atoms with E-state index in [1.165, 1.54) is 11.1 Å². The van der Waals surface area contributed by atoms with Gasteiger partial charge in [-0.05, 0) is 50.4 Å². The summed E-state index contributed by atoms with van der Waals surface area (Å²) >= 11 is 0. The molecule has 0 fully saturated rings. The van der Waals surface area contributed by atoms with Crippen LogP contribution in [-0.4, -0.2) is 19.1 Å². The van der Waals surface area contributed by atoms with Crippen LogP contribution in [0.25, 0.3) is 0 Å². The molecule has 1 unspecified atom stereocenters. The third-order valence-corrected chi connectivity index (χ3v) is 2.96. The number of ether oxygens (including phenoxy) is 1. The van der Waals surface area contributed by atoms with Crippen LogP contribution in [0.2, 0.25) is 0 Å². The van der Waals surface area contributed by atoms with Crippen molar-refractivity contribution in [1.29, 1.82) is 0 Å². The summed E-state index contributed by atoms with van der Waals surface area (Å²) in [5.74, 6) is -0.416. The topological polar surface area (TPSA) is 52.3 Å². The van der Waals surface area contributed by atoms with Crippen LogP contribution in [-0.2, 0) is 9.53 Å². The van der Waals surface area contributed by atoms with Gasteiger partial charge in [0.1, 0.15) is 0 Å². The van der Waals surface area contributed by atoms with Gasteiger partial charge in [-0.1, -0.05) is 18.2 Å². The molecule has 2 N–H and O–H groups in total. The Morgan fingerprint density at radius 1 is 1.35 bits per heavy atom. The number of hydrogen-bond acceptors (Lipinski definition) is 3. The highest BCUT2D eigenvalue weighted by molar-refractivity contribution is 5.78. The van der Waals surface area contributed by atoms with Gasteiger partial charge in [0.05, 0.1) is 12.5 Å². The van der Waals surface area contributed by atoms with Gasteiger partial charge in [0.15, 0.2) is 0 Å². The minimum atomic E-state index is -0.237. The van der Waals surface area contributed by atoms with Crippen molar-refractivity contribution < 1.29 is 9.53 Å². The fraction of sp³-hybridized carbons (Fsp3) is 0.500. The van der Waals surface area contributed by atoms with Gasteiger partial charge < -0.3 is 10.5 Å². The molecule has 1 rings (SSSR count). The minimum Gasteiger partial charge on any atom is -0.466 e. The molecule has 1 aromatic carbocycles. The van der Waals surface area contributed by atoms with Crippen molar-refractivity contribution in [3.63, 3.8) is 0 Å². The van der Waals surface area contributed by atoms with Crippen LogP contribution in [0, 0.1) is 13.8 Å². The van der Waals surface area contributed by atoms with Gasteiger partial charge in [-0.15, -0.1) is 0 Å². The molecule has 0 heterocycles. The average molecular weight is 235 g/mol. The molecular formula is C14H21NO2. The van der Waals surface area contributed by atoms with Crippen molar-refractivity contribution in [2.24, 2.45) is 5.73 Å². The Hall–Kier alpha value is -1.35. The Labute approximate surface area is 103 Å². The Morgan fingerprint density at radius 3 is 2.59 bits per heavy atom. The maximum absolute atomic E-state index is 11.9. The number of esters is 1. The van der Waals surface area contributed by atoms with E-state index in [0.717, 1.165) is 5.56 Å². The van der Waals surface area contributed by atoms with E-state index in [2.05, 4.69) is 6.92 Å². The maximum atomic E-state index is 11.9. The fourth-order valence-electron chi connectivity index (χ4n) is 1.81. The number of rotatable bonds is 5. The molecule has 3 heteroatoms. The van der Waals surface area contributed by atoms with Crippen LogP contribution in [0.1, 0.15) is 36.0 Å². The summed E-state index contributed by atoms with van der Waals surface area (Å²) in [6.07, 6.45) is 0.626. The number of benzene rings is 1. The monoisotopic (exact) mass is 235 g/mol. The zero-order valence-electron chi connectivity index (χ0n) is 10.8. The van der Waals surface area contributed by atoms with Gasteiger partial charge in [-0.3, -0.25) is 4.79 Å². The van der Waals surface area contributed by atoms with Gasteiger partial charge >= 0.3 is 5.97 Å². The molecule has 0 saturated heterocycles. The number of nitrogens with two attached hydrogens (primary N) is 1. The SMILES string of the molecule is CCOC(=O)C(CCN)c1ccc(C)c(C)c1. The average Bonchev–Trinajstić information content (AvgIpc) is 2.30. The highest BCUT2D eigenvalue weighted by Gasteiger charge is 2.21. The zero-order valence-corrected chi connectivity index (χ0v) is 10.8. The first-order valence-corrected chi connectivity index (χ1v) is 6.04. The standard InChI is InChI=1S/C14H21NO2/c1-4-17-14(16)13(7-8-15)12-6-5-10(2)11(3)9-12/h5-6,9,13H,4,7-8,15H2,1-3H3. The van der Waals surface area contributed by atoms with Crippen molar-refractivity contribution in [3.05, 3.63) is 34.9 Å².